The summed E-state index contributed by atoms with van der Waals surface area (Å²) in [4.78, 5) is 25.3. The van der Waals surface area contributed by atoms with Crippen LogP contribution in [0.15, 0.2) is 83.7 Å². The molecule has 0 fully saturated rings. The molecule has 4 rings (SSSR count). The van der Waals surface area contributed by atoms with E-state index < -0.39 is 0 Å². The molecule has 3 aromatic carbocycles. The molecule has 34 heavy (non-hydrogen) atoms. The molecule has 6 nitrogen and oxygen atoms in total. The minimum atomic E-state index is -0.285. The third kappa shape index (κ3) is 5.23. The van der Waals surface area contributed by atoms with Gasteiger partial charge in [0.15, 0.2) is 0 Å². The van der Waals surface area contributed by atoms with Crippen LogP contribution in [0.25, 0.3) is 5.69 Å². The fourth-order valence-electron chi connectivity index (χ4n) is 3.76. The highest BCUT2D eigenvalue weighted by atomic mass is 16.5. The van der Waals surface area contributed by atoms with Gasteiger partial charge in [-0.3, -0.25) is 9.59 Å². The summed E-state index contributed by atoms with van der Waals surface area (Å²) in [5, 5.41) is 7.36. The van der Waals surface area contributed by atoms with Crippen molar-refractivity contribution in [3.05, 3.63) is 117 Å². The highest BCUT2D eigenvalue weighted by molar-refractivity contribution is 6.05. The lowest BCUT2D eigenvalue weighted by Crippen LogP contribution is -2.21. The summed E-state index contributed by atoms with van der Waals surface area (Å²) < 4.78 is 7.06. The average Bonchev–Trinajstić information content (AvgIpc) is 2.85. The summed E-state index contributed by atoms with van der Waals surface area (Å²) in [5.41, 5.74) is 5.88. The Morgan fingerprint density at radius 3 is 2.47 bits per heavy atom. The largest absolute Gasteiger partial charge is 0.472 e. The molecule has 0 saturated carbocycles. The summed E-state index contributed by atoms with van der Waals surface area (Å²) in [6, 6.07) is 23.7. The van der Waals surface area contributed by atoms with Gasteiger partial charge in [-0.25, -0.2) is 0 Å². The highest BCUT2D eigenvalue weighted by Crippen LogP contribution is 2.22. The Kier molecular flexibility index (Phi) is 6.87. The first-order valence-electron chi connectivity index (χ1n) is 11.2. The predicted molar refractivity (Wildman–Crippen MR) is 134 cm³/mol. The molecule has 1 N–H and O–H groups in total. The number of amides is 1. The maximum absolute atomic E-state index is 12.8. The van der Waals surface area contributed by atoms with Crippen molar-refractivity contribution in [3.8, 4) is 11.6 Å². The van der Waals surface area contributed by atoms with Gasteiger partial charge in [0.1, 0.15) is 6.61 Å². The molecule has 1 aromatic heterocycles. The number of aryl methyl sites for hydroxylation is 3. The molecule has 1 heterocycles. The molecule has 0 atom stereocenters. The molecular formula is C28H27N3O3. The van der Waals surface area contributed by atoms with Gasteiger partial charge in [-0.15, -0.1) is 5.10 Å². The van der Waals surface area contributed by atoms with Crippen molar-refractivity contribution in [1.29, 1.82) is 0 Å². The minimum absolute atomic E-state index is 0.203. The predicted octanol–water partition coefficient (Wildman–Crippen LogP) is 5.24. The number of para-hydroxylation sites is 1. The van der Waals surface area contributed by atoms with E-state index in [-0.39, 0.29) is 11.5 Å². The molecule has 1 amide bonds. The number of nitrogens with one attached hydrogen (secondary N) is 1. The van der Waals surface area contributed by atoms with E-state index in [4.69, 9.17) is 4.74 Å². The van der Waals surface area contributed by atoms with E-state index in [1.807, 2.05) is 56.3 Å². The van der Waals surface area contributed by atoms with Crippen LogP contribution in [-0.4, -0.2) is 15.7 Å². The number of hydrogen-bond acceptors (Lipinski definition) is 4. The van der Waals surface area contributed by atoms with Crippen molar-refractivity contribution in [1.82, 2.24) is 9.78 Å². The van der Waals surface area contributed by atoms with Crippen LogP contribution < -0.4 is 15.6 Å². The van der Waals surface area contributed by atoms with E-state index in [1.165, 1.54) is 10.7 Å². The third-order valence-corrected chi connectivity index (χ3v) is 5.60. The van der Waals surface area contributed by atoms with Gasteiger partial charge in [-0.2, -0.15) is 4.68 Å². The van der Waals surface area contributed by atoms with Crippen molar-refractivity contribution >= 4 is 11.6 Å². The number of ether oxygens (including phenoxy) is 1. The standard InChI is InChI=1S/C28H27N3O3/c1-4-22-10-6-8-20(3)27(22)29-28(33)23-11-13-24(14-12-23)31-26(32)16-15-25(30-31)34-18-21-9-5-7-19(2)17-21/h5-17H,4,18H2,1-3H3,(H,29,33). The number of hydrogen-bond donors (Lipinski definition) is 1. The Hall–Kier alpha value is -4.19. The van der Waals surface area contributed by atoms with Crippen molar-refractivity contribution in [3.63, 3.8) is 0 Å². The Morgan fingerprint density at radius 2 is 1.74 bits per heavy atom. The molecule has 6 heteroatoms. The zero-order valence-electron chi connectivity index (χ0n) is 19.5. The van der Waals surface area contributed by atoms with Crippen LogP contribution in [0.3, 0.4) is 0 Å². The quantitative estimate of drug-likeness (QED) is 0.415. The van der Waals surface area contributed by atoms with Crippen LogP contribution in [-0.2, 0) is 13.0 Å². The molecule has 0 bridgehead atoms. The van der Waals surface area contributed by atoms with Gasteiger partial charge in [0.25, 0.3) is 11.5 Å². The van der Waals surface area contributed by atoms with Gasteiger partial charge < -0.3 is 10.1 Å². The van der Waals surface area contributed by atoms with Crippen molar-refractivity contribution in [2.24, 2.45) is 0 Å². The van der Waals surface area contributed by atoms with E-state index in [0.717, 1.165) is 34.4 Å². The second kappa shape index (κ2) is 10.2. The average molecular weight is 454 g/mol. The van der Waals surface area contributed by atoms with Crippen LogP contribution in [0.2, 0.25) is 0 Å². The summed E-state index contributed by atoms with van der Waals surface area (Å²) >= 11 is 0. The molecule has 172 valence electrons. The molecule has 0 aliphatic rings. The first-order chi connectivity index (χ1) is 16.4. The molecular weight excluding hydrogens is 426 g/mol. The highest BCUT2D eigenvalue weighted by Gasteiger charge is 2.12. The topological polar surface area (TPSA) is 73.2 Å². The lowest BCUT2D eigenvalue weighted by molar-refractivity contribution is 0.102. The zero-order valence-corrected chi connectivity index (χ0v) is 19.5. The van der Waals surface area contributed by atoms with Gasteiger partial charge in [-0.1, -0.05) is 55.0 Å². The molecule has 0 saturated heterocycles. The van der Waals surface area contributed by atoms with Gasteiger partial charge >= 0.3 is 0 Å². The van der Waals surface area contributed by atoms with Crippen LogP contribution >= 0.6 is 0 Å². The number of nitrogens with zero attached hydrogens (tertiary/aromatic N) is 2. The molecule has 0 radical (unpaired) electrons. The van der Waals surface area contributed by atoms with Gasteiger partial charge in [0.05, 0.1) is 5.69 Å². The van der Waals surface area contributed by atoms with Gasteiger partial charge in [-0.05, 0) is 61.2 Å². The van der Waals surface area contributed by atoms with Crippen molar-refractivity contribution in [2.75, 3.05) is 5.32 Å². The summed E-state index contributed by atoms with van der Waals surface area (Å²) in [6.45, 7) is 6.41. The van der Waals surface area contributed by atoms with Crippen LogP contribution in [0.4, 0.5) is 5.69 Å². The summed E-state index contributed by atoms with van der Waals surface area (Å²) in [7, 11) is 0. The Bertz CT molecular complexity index is 1370. The second-order valence-electron chi connectivity index (χ2n) is 8.16. The fraction of sp³-hybridized carbons (Fsp3) is 0.179. The maximum Gasteiger partial charge on any atom is 0.271 e. The minimum Gasteiger partial charge on any atom is -0.472 e. The summed E-state index contributed by atoms with van der Waals surface area (Å²) in [5.74, 6) is 0.140. The van der Waals surface area contributed by atoms with E-state index in [0.29, 0.717) is 23.7 Å². The molecule has 0 unspecified atom stereocenters. The van der Waals surface area contributed by atoms with Crippen molar-refractivity contribution in [2.45, 2.75) is 33.8 Å². The third-order valence-electron chi connectivity index (χ3n) is 5.60. The Morgan fingerprint density at radius 1 is 0.971 bits per heavy atom. The van der Waals surface area contributed by atoms with E-state index in [9.17, 15) is 9.59 Å². The van der Waals surface area contributed by atoms with Crippen LogP contribution in [0.5, 0.6) is 5.88 Å². The number of anilines is 1. The smallest absolute Gasteiger partial charge is 0.271 e. The van der Waals surface area contributed by atoms with E-state index in [1.54, 1.807) is 30.3 Å². The molecule has 4 aromatic rings. The summed E-state index contributed by atoms with van der Waals surface area (Å²) in [6.07, 6.45) is 0.826. The monoisotopic (exact) mass is 453 g/mol. The number of benzene rings is 3. The fourth-order valence-corrected chi connectivity index (χ4v) is 3.76. The van der Waals surface area contributed by atoms with Gasteiger partial charge in [0.2, 0.25) is 5.88 Å². The van der Waals surface area contributed by atoms with Gasteiger partial charge in [0, 0.05) is 23.4 Å². The second-order valence-corrected chi connectivity index (χ2v) is 8.16. The van der Waals surface area contributed by atoms with E-state index in [2.05, 4.69) is 17.3 Å². The maximum atomic E-state index is 12.8. The van der Waals surface area contributed by atoms with Crippen LogP contribution in [0.1, 0.15) is 39.5 Å². The molecule has 0 spiro atoms. The first kappa shape index (κ1) is 23.0. The number of aromatic nitrogens is 2. The SMILES string of the molecule is CCc1cccc(C)c1NC(=O)c1ccc(-n2nc(OCc3cccc(C)c3)ccc2=O)cc1. The van der Waals surface area contributed by atoms with Crippen LogP contribution in [0, 0.1) is 13.8 Å². The van der Waals surface area contributed by atoms with E-state index >= 15 is 0 Å². The lowest BCUT2D eigenvalue weighted by Gasteiger charge is -2.13. The normalized spacial score (nSPS) is 10.7. The number of carbonyl (C=O) groups is 1. The van der Waals surface area contributed by atoms with Crippen molar-refractivity contribution < 1.29 is 9.53 Å². The lowest BCUT2D eigenvalue weighted by atomic mass is 10.1. The number of carbonyl (C=O) groups excluding carboxylic acids is 1. The zero-order chi connectivity index (χ0) is 24.1. The Balaban J connectivity index is 1.51. The molecule has 0 aliphatic heterocycles. The number of rotatable bonds is 7. The molecule has 0 aliphatic carbocycles. The first-order valence-corrected chi connectivity index (χ1v) is 11.2. The Labute approximate surface area is 198 Å².